The number of aromatic nitrogens is 1. The SMILES string of the molecule is Cc1cc(-c2ccc(F)c(F)c2)nc2c1C=NCC2. The summed E-state index contributed by atoms with van der Waals surface area (Å²) < 4.78 is 26.2. The molecule has 0 aliphatic carbocycles. The Balaban J connectivity index is 2.13. The van der Waals surface area contributed by atoms with Crippen molar-refractivity contribution < 1.29 is 8.78 Å². The Morgan fingerprint density at radius 2 is 1.95 bits per heavy atom. The lowest BCUT2D eigenvalue weighted by atomic mass is 10.0. The van der Waals surface area contributed by atoms with Crippen LogP contribution in [0.4, 0.5) is 8.78 Å². The Bertz CT molecular complexity index is 678. The van der Waals surface area contributed by atoms with E-state index in [1.165, 1.54) is 6.07 Å². The molecule has 1 aliphatic rings. The molecule has 2 aromatic rings. The molecular formula is C15H12F2N2. The van der Waals surface area contributed by atoms with Crippen LogP contribution in [0.15, 0.2) is 29.3 Å². The quantitative estimate of drug-likeness (QED) is 0.770. The van der Waals surface area contributed by atoms with Crippen LogP contribution in [0, 0.1) is 18.6 Å². The highest BCUT2D eigenvalue weighted by molar-refractivity contribution is 5.85. The molecular weight excluding hydrogens is 246 g/mol. The molecule has 1 aromatic carbocycles. The smallest absolute Gasteiger partial charge is 0.159 e. The average Bonchev–Trinajstić information content (AvgIpc) is 2.42. The van der Waals surface area contributed by atoms with Crippen LogP contribution in [0.2, 0.25) is 0 Å². The summed E-state index contributed by atoms with van der Waals surface area (Å²) >= 11 is 0. The number of rotatable bonds is 1. The third-order valence-electron chi connectivity index (χ3n) is 3.26. The third kappa shape index (κ3) is 2.14. The number of fused-ring (bicyclic) bond motifs is 1. The predicted molar refractivity (Wildman–Crippen MR) is 70.5 cm³/mol. The first-order valence-electron chi connectivity index (χ1n) is 6.11. The van der Waals surface area contributed by atoms with Crippen molar-refractivity contribution in [2.45, 2.75) is 13.3 Å². The molecule has 19 heavy (non-hydrogen) atoms. The van der Waals surface area contributed by atoms with Crippen LogP contribution in [-0.2, 0) is 6.42 Å². The monoisotopic (exact) mass is 258 g/mol. The van der Waals surface area contributed by atoms with E-state index in [0.29, 0.717) is 11.3 Å². The Morgan fingerprint density at radius 3 is 2.74 bits per heavy atom. The molecule has 0 bridgehead atoms. The van der Waals surface area contributed by atoms with Gasteiger partial charge in [-0.25, -0.2) is 8.78 Å². The maximum absolute atomic E-state index is 13.3. The number of halogens is 2. The Labute approximate surface area is 109 Å². The fraction of sp³-hybridized carbons (Fsp3) is 0.200. The van der Waals surface area contributed by atoms with E-state index in [2.05, 4.69) is 9.98 Å². The Hall–Kier alpha value is -2.10. The van der Waals surface area contributed by atoms with E-state index in [4.69, 9.17) is 0 Å². The van der Waals surface area contributed by atoms with E-state index >= 15 is 0 Å². The Morgan fingerprint density at radius 1 is 1.11 bits per heavy atom. The molecule has 0 radical (unpaired) electrons. The highest BCUT2D eigenvalue weighted by Gasteiger charge is 2.13. The maximum atomic E-state index is 13.3. The van der Waals surface area contributed by atoms with Gasteiger partial charge in [-0.3, -0.25) is 9.98 Å². The third-order valence-corrected chi connectivity index (χ3v) is 3.26. The molecule has 1 aromatic heterocycles. The zero-order chi connectivity index (χ0) is 13.4. The first-order valence-corrected chi connectivity index (χ1v) is 6.11. The van der Waals surface area contributed by atoms with Crippen molar-refractivity contribution in [1.29, 1.82) is 0 Å². The molecule has 1 aliphatic heterocycles. The lowest BCUT2D eigenvalue weighted by Crippen LogP contribution is -2.08. The first-order chi connectivity index (χ1) is 9.15. The van der Waals surface area contributed by atoms with Gasteiger partial charge in [0.25, 0.3) is 0 Å². The van der Waals surface area contributed by atoms with Gasteiger partial charge in [0.15, 0.2) is 11.6 Å². The van der Waals surface area contributed by atoms with Crippen LogP contribution in [0.5, 0.6) is 0 Å². The van der Waals surface area contributed by atoms with Gasteiger partial charge in [-0.2, -0.15) is 0 Å². The van der Waals surface area contributed by atoms with E-state index in [0.717, 1.165) is 35.9 Å². The van der Waals surface area contributed by atoms with Crippen molar-refractivity contribution in [2.75, 3.05) is 6.54 Å². The fourth-order valence-corrected chi connectivity index (χ4v) is 2.24. The topological polar surface area (TPSA) is 25.2 Å². The van der Waals surface area contributed by atoms with Crippen molar-refractivity contribution in [1.82, 2.24) is 4.98 Å². The molecule has 2 heterocycles. The summed E-state index contributed by atoms with van der Waals surface area (Å²) in [6.45, 7) is 2.70. The second-order valence-electron chi connectivity index (χ2n) is 4.60. The second-order valence-corrected chi connectivity index (χ2v) is 4.60. The van der Waals surface area contributed by atoms with E-state index in [-0.39, 0.29) is 0 Å². The van der Waals surface area contributed by atoms with Crippen molar-refractivity contribution in [2.24, 2.45) is 4.99 Å². The van der Waals surface area contributed by atoms with Crippen LogP contribution >= 0.6 is 0 Å². The maximum Gasteiger partial charge on any atom is 0.159 e. The van der Waals surface area contributed by atoms with Gasteiger partial charge in [-0.05, 0) is 36.8 Å². The molecule has 0 fully saturated rings. The summed E-state index contributed by atoms with van der Waals surface area (Å²) in [5.74, 6) is -1.69. The number of benzene rings is 1. The molecule has 2 nitrogen and oxygen atoms in total. The predicted octanol–water partition coefficient (Wildman–Crippen LogP) is 3.31. The zero-order valence-corrected chi connectivity index (χ0v) is 10.5. The van der Waals surface area contributed by atoms with Gasteiger partial charge in [0, 0.05) is 30.3 Å². The lowest BCUT2D eigenvalue weighted by Gasteiger charge is -2.14. The molecule has 0 unspecified atom stereocenters. The fourth-order valence-electron chi connectivity index (χ4n) is 2.24. The summed E-state index contributed by atoms with van der Waals surface area (Å²) in [7, 11) is 0. The van der Waals surface area contributed by atoms with E-state index in [1.807, 2.05) is 19.2 Å². The van der Waals surface area contributed by atoms with Gasteiger partial charge in [0.05, 0.1) is 11.4 Å². The number of pyridine rings is 1. The summed E-state index contributed by atoms with van der Waals surface area (Å²) in [6, 6.07) is 5.73. The minimum Gasteiger partial charge on any atom is -0.292 e. The first kappa shape index (κ1) is 12.0. The van der Waals surface area contributed by atoms with Gasteiger partial charge >= 0.3 is 0 Å². The van der Waals surface area contributed by atoms with Crippen molar-refractivity contribution in [3.63, 3.8) is 0 Å². The summed E-state index contributed by atoms with van der Waals surface area (Å²) in [5, 5.41) is 0. The standard InChI is InChI=1S/C15H12F2N2/c1-9-6-15(10-2-3-12(16)13(17)7-10)19-14-4-5-18-8-11(9)14/h2-3,6-8H,4-5H2,1H3. The van der Waals surface area contributed by atoms with Crippen LogP contribution < -0.4 is 0 Å². The highest BCUT2D eigenvalue weighted by Crippen LogP contribution is 2.24. The molecule has 0 amide bonds. The highest BCUT2D eigenvalue weighted by atomic mass is 19.2. The van der Waals surface area contributed by atoms with E-state index < -0.39 is 11.6 Å². The van der Waals surface area contributed by atoms with Gasteiger partial charge < -0.3 is 0 Å². The Kier molecular flexibility index (Phi) is 2.85. The molecule has 3 rings (SSSR count). The summed E-state index contributed by atoms with van der Waals surface area (Å²) in [4.78, 5) is 8.77. The van der Waals surface area contributed by atoms with Crippen molar-refractivity contribution in [3.05, 3.63) is 52.7 Å². The normalized spacial score (nSPS) is 13.4. The minimum absolute atomic E-state index is 0.590. The summed E-state index contributed by atoms with van der Waals surface area (Å²) in [6.07, 6.45) is 2.61. The van der Waals surface area contributed by atoms with Crippen LogP contribution in [-0.4, -0.2) is 17.7 Å². The number of aliphatic imine (C=N–C) groups is 1. The second kappa shape index (κ2) is 4.53. The number of aryl methyl sites for hydroxylation is 1. The van der Waals surface area contributed by atoms with E-state index in [9.17, 15) is 8.78 Å². The average molecular weight is 258 g/mol. The van der Waals surface area contributed by atoms with Gasteiger partial charge in [0.2, 0.25) is 0 Å². The van der Waals surface area contributed by atoms with Crippen molar-refractivity contribution in [3.8, 4) is 11.3 Å². The molecule has 0 atom stereocenters. The van der Waals surface area contributed by atoms with Gasteiger partial charge in [-0.15, -0.1) is 0 Å². The molecule has 0 saturated heterocycles. The zero-order valence-electron chi connectivity index (χ0n) is 10.5. The van der Waals surface area contributed by atoms with Crippen molar-refractivity contribution >= 4 is 6.21 Å². The molecule has 0 N–H and O–H groups in total. The lowest BCUT2D eigenvalue weighted by molar-refractivity contribution is 0.509. The largest absolute Gasteiger partial charge is 0.292 e. The summed E-state index contributed by atoms with van der Waals surface area (Å²) in [5.41, 5.74) is 4.32. The molecule has 0 saturated carbocycles. The molecule has 0 spiro atoms. The number of hydrogen-bond donors (Lipinski definition) is 0. The van der Waals surface area contributed by atoms with Crippen LogP contribution in [0.25, 0.3) is 11.3 Å². The van der Waals surface area contributed by atoms with Crippen LogP contribution in [0.1, 0.15) is 16.8 Å². The molecule has 96 valence electrons. The molecule has 4 heteroatoms. The van der Waals surface area contributed by atoms with E-state index in [1.54, 1.807) is 6.07 Å². The minimum atomic E-state index is -0.851. The van der Waals surface area contributed by atoms with Gasteiger partial charge in [-0.1, -0.05) is 0 Å². The van der Waals surface area contributed by atoms with Gasteiger partial charge in [0.1, 0.15) is 0 Å². The van der Waals surface area contributed by atoms with Crippen LogP contribution in [0.3, 0.4) is 0 Å². The number of nitrogens with zero attached hydrogens (tertiary/aromatic N) is 2. The number of hydrogen-bond acceptors (Lipinski definition) is 2.